The molecule has 5 nitrogen and oxygen atoms in total. The predicted molar refractivity (Wildman–Crippen MR) is 104 cm³/mol. The zero-order valence-electron chi connectivity index (χ0n) is 16.3. The van der Waals surface area contributed by atoms with Crippen LogP contribution in [0.4, 0.5) is 0 Å². The number of aliphatic hydroxyl groups excluding tert-OH is 2. The molecule has 1 aromatic rings. The van der Waals surface area contributed by atoms with Crippen LogP contribution in [-0.2, 0) is 11.2 Å². The van der Waals surface area contributed by atoms with Crippen LogP contribution in [0.25, 0.3) is 0 Å². The van der Waals surface area contributed by atoms with Gasteiger partial charge in [-0.25, -0.2) is 4.79 Å². The SMILES string of the molecule is CCCCCCCCCCCCCc1c[nH]c(C(=O)OCC(O)CO)c1. The van der Waals surface area contributed by atoms with Crippen LogP contribution in [0, 0.1) is 0 Å². The Morgan fingerprint density at radius 1 is 1.04 bits per heavy atom. The highest BCUT2D eigenvalue weighted by atomic mass is 16.5. The summed E-state index contributed by atoms with van der Waals surface area (Å²) in [7, 11) is 0. The molecule has 0 aliphatic heterocycles. The first kappa shape index (κ1) is 22.7. The Bertz CT molecular complexity index is 472. The van der Waals surface area contributed by atoms with Crippen molar-refractivity contribution < 1.29 is 19.7 Å². The molecule has 26 heavy (non-hydrogen) atoms. The number of hydrogen-bond donors (Lipinski definition) is 3. The Morgan fingerprint density at radius 3 is 2.19 bits per heavy atom. The maximum Gasteiger partial charge on any atom is 0.354 e. The van der Waals surface area contributed by atoms with Crippen LogP contribution >= 0.6 is 0 Å². The number of carbonyl (C=O) groups excluding carboxylic acids is 1. The van der Waals surface area contributed by atoms with E-state index in [1.54, 1.807) is 0 Å². The van der Waals surface area contributed by atoms with E-state index in [0.717, 1.165) is 18.4 Å². The van der Waals surface area contributed by atoms with Crippen LogP contribution in [0.15, 0.2) is 12.3 Å². The molecule has 150 valence electrons. The van der Waals surface area contributed by atoms with Gasteiger partial charge in [0.15, 0.2) is 0 Å². The zero-order chi connectivity index (χ0) is 19.0. The van der Waals surface area contributed by atoms with E-state index in [-0.39, 0.29) is 6.61 Å². The van der Waals surface area contributed by atoms with Crippen molar-refractivity contribution in [1.82, 2.24) is 4.98 Å². The van der Waals surface area contributed by atoms with E-state index in [0.29, 0.717) is 5.69 Å². The molecule has 0 spiro atoms. The van der Waals surface area contributed by atoms with E-state index < -0.39 is 18.7 Å². The highest BCUT2D eigenvalue weighted by molar-refractivity contribution is 5.87. The first-order chi connectivity index (χ1) is 12.7. The van der Waals surface area contributed by atoms with Crippen molar-refractivity contribution in [3.63, 3.8) is 0 Å². The number of aromatic nitrogens is 1. The highest BCUT2D eigenvalue weighted by Gasteiger charge is 2.12. The van der Waals surface area contributed by atoms with Gasteiger partial charge in [0.2, 0.25) is 0 Å². The topological polar surface area (TPSA) is 82.6 Å². The molecule has 3 N–H and O–H groups in total. The molecule has 1 atom stereocenters. The lowest BCUT2D eigenvalue weighted by Gasteiger charge is -2.07. The van der Waals surface area contributed by atoms with Crippen molar-refractivity contribution in [2.24, 2.45) is 0 Å². The maximum atomic E-state index is 11.8. The smallest absolute Gasteiger partial charge is 0.354 e. The van der Waals surface area contributed by atoms with Crippen LogP contribution in [0.5, 0.6) is 0 Å². The van der Waals surface area contributed by atoms with Gasteiger partial charge in [-0.3, -0.25) is 0 Å². The van der Waals surface area contributed by atoms with Gasteiger partial charge in [0.05, 0.1) is 6.61 Å². The first-order valence-electron chi connectivity index (χ1n) is 10.3. The molecule has 0 aliphatic carbocycles. The number of H-pyrrole nitrogens is 1. The molecule has 0 saturated carbocycles. The third-order valence-electron chi connectivity index (χ3n) is 4.65. The van der Waals surface area contributed by atoms with Gasteiger partial charge < -0.3 is 19.9 Å². The summed E-state index contributed by atoms with van der Waals surface area (Å²) in [5.74, 6) is -0.498. The normalized spacial score (nSPS) is 12.3. The van der Waals surface area contributed by atoms with E-state index in [4.69, 9.17) is 9.84 Å². The van der Waals surface area contributed by atoms with Gasteiger partial charge in [-0.1, -0.05) is 71.1 Å². The van der Waals surface area contributed by atoms with E-state index >= 15 is 0 Å². The van der Waals surface area contributed by atoms with Crippen molar-refractivity contribution in [2.45, 2.75) is 90.1 Å². The van der Waals surface area contributed by atoms with Gasteiger partial charge in [-0.05, 0) is 24.5 Å². The summed E-state index contributed by atoms with van der Waals surface area (Å²) < 4.78 is 4.93. The van der Waals surface area contributed by atoms with Crippen LogP contribution in [0.2, 0.25) is 0 Å². The molecule has 0 aromatic carbocycles. The molecule has 0 amide bonds. The molecular weight excluding hydrogens is 330 g/mol. The molecule has 0 fully saturated rings. The number of rotatable bonds is 16. The van der Waals surface area contributed by atoms with Gasteiger partial charge in [0.1, 0.15) is 18.4 Å². The molecule has 0 aliphatic rings. The van der Waals surface area contributed by atoms with E-state index in [9.17, 15) is 9.90 Å². The quantitative estimate of drug-likeness (QED) is 0.299. The summed E-state index contributed by atoms with van der Waals surface area (Å²) in [5, 5.41) is 17.9. The average molecular weight is 368 g/mol. The van der Waals surface area contributed by atoms with E-state index in [1.807, 2.05) is 12.3 Å². The summed E-state index contributed by atoms with van der Waals surface area (Å²) in [4.78, 5) is 14.7. The molecular formula is C21H37NO4. The Kier molecular flexibility index (Phi) is 12.9. The Balaban J connectivity index is 2.03. The average Bonchev–Trinajstić information content (AvgIpc) is 3.12. The summed E-state index contributed by atoms with van der Waals surface area (Å²) in [6, 6.07) is 1.81. The standard InChI is InChI=1S/C21H37NO4/c1-2-3-4-5-6-7-8-9-10-11-12-13-18-14-20(22-15-18)21(25)26-17-19(24)16-23/h14-15,19,22-24H,2-13,16-17H2,1H3. The second-order valence-electron chi connectivity index (χ2n) is 7.14. The molecule has 5 heteroatoms. The van der Waals surface area contributed by atoms with Crippen molar-refractivity contribution in [2.75, 3.05) is 13.2 Å². The Labute approximate surface area is 158 Å². The van der Waals surface area contributed by atoms with Crippen LogP contribution < -0.4 is 0 Å². The number of aromatic amines is 1. The van der Waals surface area contributed by atoms with Crippen LogP contribution in [-0.4, -0.2) is 40.5 Å². The molecule has 0 bridgehead atoms. The number of ether oxygens (including phenoxy) is 1. The van der Waals surface area contributed by atoms with Crippen molar-refractivity contribution in [3.8, 4) is 0 Å². The van der Waals surface area contributed by atoms with Crippen LogP contribution in [0.1, 0.15) is 93.6 Å². The third-order valence-corrected chi connectivity index (χ3v) is 4.65. The molecule has 1 unspecified atom stereocenters. The molecule has 1 rings (SSSR count). The Hall–Kier alpha value is -1.33. The number of nitrogens with one attached hydrogen (secondary N) is 1. The maximum absolute atomic E-state index is 11.8. The first-order valence-corrected chi connectivity index (χ1v) is 10.3. The van der Waals surface area contributed by atoms with Gasteiger partial charge in [0.25, 0.3) is 0 Å². The lowest BCUT2D eigenvalue weighted by molar-refractivity contribution is 0.00893. The van der Waals surface area contributed by atoms with Gasteiger partial charge in [0, 0.05) is 6.20 Å². The predicted octanol–water partition coefficient (Wildman–Crippen LogP) is 4.38. The molecule has 1 aromatic heterocycles. The number of aryl methyl sites for hydroxylation is 1. The fraction of sp³-hybridized carbons (Fsp3) is 0.762. The molecule has 1 heterocycles. The summed E-state index contributed by atoms with van der Waals surface area (Å²) in [5.41, 5.74) is 1.50. The largest absolute Gasteiger partial charge is 0.458 e. The summed E-state index contributed by atoms with van der Waals surface area (Å²) in [6.45, 7) is 1.65. The third kappa shape index (κ3) is 10.6. The van der Waals surface area contributed by atoms with Crippen molar-refractivity contribution >= 4 is 5.97 Å². The lowest BCUT2D eigenvalue weighted by atomic mass is 10.0. The monoisotopic (exact) mass is 367 g/mol. The Morgan fingerprint density at radius 2 is 1.62 bits per heavy atom. The van der Waals surface area contributed by atoms with E-state index in [2.05, 4.69) is 11.9 Å². The minimum atomic E-state index is -1.02. The minimum absolute atomic E-state index is 0.192. The molecule has 0 saturated heterocycles. The van der Waals surface area contributed by atoms with Crippen LogP contribution in [0.3, 0.4) is 0 Å². The number of esters is 1. The summed E-state index contributed by atoms with van der Waals surface area (Å²) in [6.07, 6.45) is 16.3. The second-order valence-corrected chi connectivity index (χ2v) is 7.14. The number of unbranched alkanes of at least 4 members (excludes halogenated alkanes) is 10. The highest BCUT2D eigenvalue weighted by Crippen LogP contribution is 2.14. The fourth-order valence-corrected chi connectivity index (χ4v) is 3.00. The minimum Gasteiger partial charge on any atom is -0.458 e. The lowest BCUT2D eigenvalue weighted by Crippen LogP contribution is -2.22. The van der Waals surface area contributed by atoms with Gasteiger partial charge in [-0.2, -0.15) is 0 Å². The number of hydrogen-bond acceptors (Lipinski definition) is 4. The second kappa shape index (κ2) is 14.8. The van der Waals surface area contributed by atoms with E-state index in [1.165, 1.54) is 64.2 Å². The van der Waals surface area contributed by atoms with Crippen molar-refractivity contribution in [3.05, 3.63) is 23.5 Å². The molecule has 0 radical (unpaired) electrons. The van der Waals surface area contributed by atoms with Gasteiger partial charge >= 0.3 is 5.97 Å². The fourth-order valence-electron chi connectivity index (χ4n) is 3.00. The van der Waals surface area contributed by atoms with Gasteiger partial charge in [-0.15, -0.1) is 0 Å². The zero-order valence-corrected chi connectivity index (χ0v) is 16.3. The van der Waals surface area contributed by atoms with Crippen molar-refractivity contribution in [1.29, 1.82) is 0 Å². The number of carbonyl (C=O) groups is 1. The summed E-state index contributed by atoms with van der Waals surface area (Å²) >= 11 is 0. The number of aliphatic hydroxyl groups is 2.